The molecule has 0 radical (unpaired) electrons. The van der Waals surface area contributed by atoms with Crippen molar-refractivity contribution < 1.29 is 14.3 Å². The molecule has 0 saturated heterocycles. The number of fused-ring (bicyclic) bond motifs is 1. The third-order valence-corrected chi connectivity index (χ3v) is 4.46. The Morgan fingerprint density at radius 3 is 2.68 bits per heavy atom. The normalized spacial score (nSPS) is 22.6. The second kappa shape index (κ2) is 5.89. The molecule has 3 atom stereocenters. The number of halogens is 1. The molecule has 128 valence electrons. The van der Waals surface area contributed by atoms with Crippen molar-refractivity contribution >= 4 is 16.9 Å². The van der Waals surface area contributed by atoms with Gasteiger partial charge in [-0.3, -0.25) is 19.4 Å². The second-order valence-corrected chi connectivity index (χ2v) is 6.25. The number of hydrogen-bond donors (Lipinski definition) is 2. The van der Waals surface area contributed by atoms with Crippen LogP contribution in [0.5, 0.6) is 0 Å². The van der Waals surface area contributed by atoms with Crippen LogP contribution in [0, 0.1) is 12.7 Å². The average molecular weight is 341 g/mol. The molecule has 0 aliphatic heterocycles. The quantitative estimate of drug-likeness (QED) is 0.751. The van der Waals surface area contributed by atoms with Gasteiger partial charge in [-0.05, 0) is 25.0 Å². The Hall–Kier alpha value is -2.87. The zero-order valence-corrected chi connectivity index (χ0v) is 13.4. The number of rotatable bonds is 3. The van der Waals surface area contributed by atoms with Crippen molar-refractivity contribution in [3.05, 3.63) is 53.9 Å². The van der Waals surface area contributed by atoms with E-state index in [-0.39, 0.29) is 17.6 Å². The Bertz CT molecular complexity index is 957. The number of benzene rings is 1. The lowest BCUT2D eigenvalue weighted by Gasteiger charge is -2.41. The van der Waals surface area contributed by atoms with Crippen molar-refractivity contribution in [1.29, 1.82) is 0 Å². The highest BCUT2D eigenvalue weighted by Gasteiger charge is 2.43. The number of aliphatic hydroxyl groups is 1. The molecule has 1 aromatic carbocycles. The molecule has 4 rings (SSSR count). The van der Waals surface area contributed by atoms with E-state index in [1.54, 1.807) is 17.1 Å². The molecule has 3 aromatic rings. The van der Waals surface area contributed by atoms with Gasteiger partial charge in [-0.1, -0.05) is 0 Å². The van der Waals surface area contributed by atoms with Crippen LogP contribution in [0.3, 0.4) is 0 Å². The summed E-state index contributed by atoms with van der Waals surface area (Å²) in [7, 11) is 0. The SMILES string of the molecule is Cc1cnn([C@H]2[C@H](O)C[C@@H]2NC(=O)c2cc3nccnc3cc2F)c1. The zero-order chi connectivity index (χ0) is 17.6. The first-order chi connectivity index (χ1) is 12.0. The van der Waals surface area contributed by atoms with Gasteiger partial charge in [-0.15, -0.1) is 0 Å². The maximum atomic E-state index is 14.2. The van der Waals surface area contributed by atoms with Crippen LogP contribution in [0.4, 0.5) is 4.39 Å². The summed E-state index contributed by atoms with van der Waals surface area (Å²) in [6.07, 6.45) is 6.24. The molecular formula is C17H16FN5O2. The summed E-state index contributed by atoms with van der Waals surface area (Å²) in [5, 5.41) is 17.0. The molecule has 2 N–H and O–H groups in total. The van der Waals surface area contributed by atoms with E-state index in [4.69, 9.17) is 0 Å². The van der Waals surface area contributed by atoms with Gasteiger partial charge in [-0.2, -0.15) is 5.10 Å². The first kappa shape index (κ1) is 15.6. The van der Waals surface area contributed by atoms with E-state index in [0.29, 0.717) is 17.5 Å². The molecule has 0 bridgehead atoms. The zero-order valence-electron chi connectivity index (χ0n) is 13.4. The molecule has 25 heavy (non-hydrogen) atoms. The van der Waals surface area contributed by atoms with E-state index < -0.39 is 17.8 Å². The molecule has 2 heterocycles. The summed E-state index contributed by atoms with van der Waals surface area (Å²) in [5.74, 6) is -1.20. The summed E-state index contributed by atoms with van der Waals surface area (Å²) < 4.78 is 15.9. The summed E-state index contributed by atoms with van der Waals surface area (Å²) in [4.78, 5) is 20.6. The lowest BCUT2D eigenvalue weighted by molar-refractivity contribution is -0.00594. The minimum atomic E-state index is -0.656. The van der Waals surface area contributed by atoms with E-state index >= 15 is 0 Å². The Balaban J connectivity index is 1.57. The predicted molar refractivity (Wildman–Crippen MR) is 87.4 cm³/mol. The molecule has 1 fully saturated rings. The Labute approximate surface area is 142 Å². The van der Waals surface area contributed by atoms with E-state index in [2.05, 4.69) is 20.4 Å². The van der Waals surface area contributed by atoms with Crippen molar-refractivity contribution in [3.63, 3.8) is 0 Å². The number of nitrogens with zero attached hydrogens (tertiary/aromatic N) is 4. The van der Waals surface area contributed by atoms with Gasteiger partial charge in [0.25, 0.3) is 5.91 Å². The van der Waals surface area contributed by atoms with Gasteiger partial charge in [-0.25, -0.2) is 4.39 Å². The fraction of sp³-hybridized carbons (Fsp3) is 0.294. The van der Waals surface area contributed by atoms with Crippen LogP contribution >= 0.6 is 0 Å². The highest BCUT2D eigenvalue weighted by molar-refractivity contribution is 5.97. The van der Waals surface area contributed by atoms with Crippen LogP contribution in [0.1, 0.15) is 28.4 Å². The number of nitrogens with one attached hydrogen (secondary N) is 1. The number of hydrogen-bond acceptors (Lipinski definition) is 5. The first-order valence-electron chi connectivity index (χ1n) is 7.93. The monoisotopic (exact) mass is 341 g/mol. The lowest BCUT2D eigenvalue weighted by atomic mass is 9.83. The molecule has 0 unspecified atom stereocenters. The molecule has 1 amide bonds. The van der Waals surface area contributed by atoms with Crippen LogP contribution in [-0.4, -0.2) is 42.9 Å². The van der Waals surface area contributed by atoms with E-state index in [0.717, 1.165) is 5.56 Å². The van der Waals surface area contributed by atoms with Crippen molar-refractivity contribution in [2.45, 2.75) is 31.5 Å². The molecule has 7 nitrogen and oxygen atoms in total. The molecule has 1 saturated carbocycles. The summed E-state index contributed by atoms with van der Waals surface area (Å²) in [6, 6.07) is 1.90. The number of carbonyl (C=O) groups excluding carboxylic acids is 1. The fourth-order valence-corrected chi connectivity index (χ4v) is 3.12. The number of aromatic nitrogens is 4. The number of amides is 1. The van der Waals surface area contributed by atoms with E-state index in [1.165, 1.54) is 24.5 Å². The van der Waals surface area contributed by atoms with Crippen molar-refractivity contribution in [2.24, 2.45) is 0 Å². The van der Waals surface area contributed by atoms with Crippen LogP contribution in [0.2, 0.25) is 0 Å². The largest absolute Gasteiger partial charge is 0.391 e. The smallest absolute Gasteiger partial charge is 0.254 e. The highest BCUT2D eigenvalue weighted by atomic mass is 19.1. The van der Waals surface area contributed by atoms with Crippen molar-refractivity contribution in [3.8, 4) is 0 Å². The van der Waals surface area contributed by atoms with Gasteiger partial charge in [0.2, 0.25) is 0 Å². The third kappa shape index (κ3) is 2.74. The average Bonchev–Trinajstić information content (AvgIpc) is 2.98. The summed E-state index contributed by atoms with van der Waals surface area (Å²) >= 11 is 0. The van der Waals surface area contributed by atoms with Crippen molar-refractivity contribution in [2.75, 3.05) is 0 Å². The minimum Gasteiger partial charge on any atom is -0.391 e. The Morgan fingerprint density at radius 1 is 1.32 bits per heavy atom. The maximum absolute atomic E-state index is 14.2. The lowest BCUT2D eigenvalue weighted by Crippen LogP contribution is -2.56. The molecular weight excluding hydrogens is 325 g/mol. The van der Waals surface area contributed by atoms with Crippen LogP contribution in [-0.2, 0) is 0 Å². The third-order valence-electron chi connectivity index (χ3n) is 4.46. The molecule has 1 aliphatic rings. The van der Waals surface area contributed by atoms with E-state index in [9.17, 15) is 14.3 Å². The number of aliphatic hydroxyl groups excluding tert-OH is 1. The Kier molecular flexibility index (Phi) is 3.69. The van der Waals surface area contributed by atoms with E-state index in [1.807, 2.05) is 6.92 Å². The fourth-order valence-electron chi connectivity index (χ4n) is 3.12. The van der Waals surface area contributed by atoms with Gasteiger partial charge >= 0.3 is 0 Å². The van der Waals surface area contributed by atoms with Gasteiger partial charge in [0.15, 0.2) is 0 Å². The molecule has 0 spiro atoms. The molecule has 8 heteroatoms. The minimum absolute atomic E-state index is 0.0928. The second-order valence-electron chi connectivity index (χ2n) is 6.25. The van der Waals surface area contributed by atoms with Crippen LogP contribution in [0.15, 0.2) is 36.9 Å². The summed E-state index contributed by atoms with van der Waals surface area (Å²) in [6.45, 7) is 1.90. The van der Waals surface area contributed by atoms with Crippen molar-refractivity contribution in [1.82, 2.24) is 25.1 Å². The Morgan fingerprint density at radius 2 is 2.04 bits per heavy atom. The van der Waals surface area contributed by atoms with Crippen LogP contribution in [0.25, 0.3) is 11.0 Å². The summed E-state index contributed by atoms with van der Waals surface area (Å²) in [5.41, 5.74) is 1.70. The van der Waals surface area contributed by atoms with Gasteiger partial charge < -0.3 is 10.4 Å². The number of carbonyl (C=O) groups is 1. The predicted octanol–water partition coefficient (Wildman–Crippen LogP) is 1.38. The van der Waals surface area contributed by atoms with Gasteiger partial charge in [0, 0.05) is 24.7 Å². The maximum Gasteiger partial charge on any atom is 0.254 e. The first-order valence-corrected chi connectivity index (χ1v) is 7.93. The number of aryl methyl sites for hydroxylation is 1. The van der Waals surface area contributed by atoms with Gasteiger partial charge in [0.05, 0.1) is 41.0 Å². The van der Waals surface area contributed by atoms with Crippen LogP contribution < -0.4 is 5.32 Å². The highest BCUT2D eigenvalue weighted by Crippen LogP contribution is 2.33. The van der Waals surface area contributed by atoms with Gasteiger partial charge in [0.1, 0.15) is 5.82 Å². The molecule has 1 aliphatic carbocycles. The topological polar surface area (TPSA) is 92.9 Å². The standard InChI is InChI=1S/C17H16FN5O2/c1-9-7-21-23(8-9)16-14(6-15(16)24)22-17(25)10-4-12-13(5-11(10)18)20-3-2-19-12/h2-5,7-8,14-16,24H,6H2,1H3,(H,22,25)/t14-,15+,16+/m0/s1. The molecule has 2 aromatic heterocycles.